The van der Waals surface area contributed by atoms with Crippen LogP contribution in [-0.2, 0) is 30.3 Å². The van der Waals surface area contributed by atoms with E-state index >= 15 is 0 Å². The standard InChI is InChI=1S/C31H41N3O8/c1-7-17-34(27(22-11-14-25(36)20(3)18-22)28(38)32-16-15-26(37)41-8-2)29(39)24(33-30(40)42-31(4,5)6)19-21-9-12-23(35)13-10-21/h7,9-14,18,24,27,35-36H,1,8,15-17,19H2,2-6H3,(H,32,38)(H,33,40). The van der Waals surface area contributed by atoms with Crippen LogP contribution in [0.15, 0.2) is 55.1 Å². The van der Waals surface area contributed by atoms with E-state index in [-0.39, 0.29) is 44.0 Å². The van der Waals surface area contributed by atoms with Gasteiger partial charge in [-0.25, -0.2) is 4.79 Å². The number of phenols is 2. The Kier molecular flexibility index (Phi) is 12.4. The number of aromatic hydroxyl groups is 2. The molecule has 0 spiro atoms. The molecule has 3 amide bonds. The summed E-state index contributed by atoms with van der Waals surface area (Å²) in [7, 11) is 0. The third-order valence-corrected chi connectivity index (χ3v) is 6.00. The average Bonchev–Trinajstić information content (AvgIpc) is 2.90. The molecule has 2 rings (SSSR count). The molecule has 2 aromatic carbocycles. The zero-order valence-electron chi connectivity index (χ0n) is 24.8. The molecule has 0 aliphatic rings. The van der Waals surface area contributed by atoms with E-state index in [1.54, 1.807) is 52.8 Å². The minimum Gasteiger partial charge on any atom is -0.508 e. The van der Waals surface area contributed by atoms with Crippen LogP contribution in [0.3, 0.4) is 0 Å². The van der Waals surface area contributed by atoms with Crippen LogP contribution < -0.4 is 10.6 Å². The number of benzene rings is 2. The maximum absolute atomic E-state index is 14.2. The van der Waals surface area contributed by atoms with Gasteiger partial charge >= 0.3 is 12.1 Å². The summed E-state index contributed by atoms with van der Waals surface area (Å²) >= 11 is 0. The molecule has 0 fully saturated rings. The lowest BCUT2D eigenvalue weighted by Crippen LogP contribution is -2.54. The lowest BCUT2D eigenvalue weighted by atomic mass is 9.98. The summed E-state index contributed by atoms with van der Waals surface area (Å²) in [4.78, 5) is 53.7. The Balaban J connectivity index is 2.51. The Hall–Kier alpha value is -4.54. The molecule has 2 atom stereocenters. The van der Waals surface area contributed by atoms with Gasteiger partial charge in [0.1, 0.15) is 29.2 Å². The minimum absolute atomic E-state index is 0.0126. The fourth-order valence-electron chi connectivity index (χ4n) is 4.12. The Morgan fingerprint density at radius 1 is 1.07 bits per heavy atom. The predicted molar refractivity (Wildman–Crippen MR) is 157 cm³/mol. The van der Waals surface area contributed by atoms with Crippen LogP contribution in [0.25, 0.3) is 0 Å². The number of esters is 1. The third-order valence-electron chi connectivity index (χ3n) is 6.00. The van der Waals surface area contributed by atoms with Gasteiger partial charge in [0.15, 0.2) is 0 Å². The molecule has 0 saturated heterocycles. The lowest BCUT2D eigenvalue weighted by molar-refractivity contribution is -0.144. The molecule has 2 aromatic rings. The second kappa shape index (κ2) is 15.5. The van der Waals surface area contributed by atoms with Crippen molar-refractivity contribution in [2.45, 2.75) is 65.1 Å². The van der Waals surface area contributed by atoms with Gasteiger partial charge < -0.3 is 35.2 Å². The van der Waals surface area contributed by atoms with Crippen molar-refractivity contribution in [1.82, 2.24) is 15.5 Å². The van der Waals surface area contributed by atoms with E-state index < -0.39 is 41.6 Å². The number of amides is 3. The number of alkyl carbamates (subject to hydrolysis) is 1. The molecule has 0 aliphatic heterocycles. The first-order valence-corrected chi connectivity index (χ1v) is 13.7. The predicted octanol–water partition coefficient (Wildman–Crippen LogP) is 3.67. The lowest BCUT2D eigenvalue weighted by Gasteiger charge is -2.34. The van der Waals surface area contributed by atoms with Gasteiger partial charge in [-0.05, 0) is 75.6 Å². The van der Waals surface area contributed by atoms with Crippen molar-refractivity contribution >= 4 is 23.9 Å². The quantitative estimate of drug-likeness (QED) is 0.206. The molecule has 0 saturated carbocycles. The van der Waals surface area contributed by atoms with Crippen LogP contribution in [0.1, 0.15) is 56.8 Å². The number of hydrogen-bond acceptors (Lipinski definition) is 8. The van der Waals surface area contributed by atoms with Crippen molar-refractivity contribution in [3.05, 3.63) is 71.8 Å². The van der Waals surface area contributed by atoms with Gasteiger partial charge in [0.25, 0.3) is 0 Å². The van der Waals surface area contributed by atoms with Crippen molar-refractivity contribution < 1.29 is 38.9 Å². The molecule has 0 bridgehead atoms. The summed E-state index contributed by atoms with van der Waals surface area (Å²) in [6.45, 7) is 12.3. The number of carbonyl (C=O) groups is 4. The highest BCUT2D eigenvalue weighted by atomic mass is 16.6. The Labute approximate surface area is 246 Å². The number of carbonyl (C=O) groups excluding carboxylic acids is 4. The van der Waals surface area contributed by atoms with Gasteiger partial charge in [-0.2, -0.15) is 0 Å². The monoisotopic (exact) mass is 583 g/mol. The molecule has 2 unspecified atom stereocenters. The molecule has 4 N–H and O–H groups in total. The van der Waals surface area contributed by atoms with Crippen molar-refractivity contribution in [2.75, 3.05) is 19.7 Å². The summed E-state index contributed by atoms with van der Waals surface area (Å²) < 4.78 is 10.3. The van der Waals surface area contributed by atoms with E-state index in [1.807, 2.05) is 0 Å². The van der Waals surface area contributed by atoms with Gasteiger partial charge in [-0.3, -0.25) is 14.4 Å². The number of hydrogen-bond donors (Lipinski definition) is 4. The van der Waals surface area contributed by atoms with Crippen molar-refractivity contribution in [1.29, 1.82) is 0 Å². The number of ether oxygens (including phenoxy) is 2. The first-order valence-electron chi connectivity index (χ1n) is 13.7. The molecular weight excluding hydrogens is 542 g/mol. The molecule has 0 heterocycles. The Morgan fingerprint density at radius 2 is 1.74 bits per heavy atom. The van der Waals surface area contributed by atoms with Crippen LogP contribution >= 0.6 is 0 Å². The van der Waals surface area contributed by atoms with E-state index in [0.717, 1.165) is 0 Å². The van der Waals surface area contributed by atoms with E-state index in [0.29, 0.717) is 16.7 Å². The normalized spacial score (nSPS) is 12.4. The molecule has 0 aliphatic carbocycles. The molecule has 228 valence electrons. The molecule has 42 heavy (non-hydrogen) atoms. The number of rotatable bonds is 13. The van der Waals surface area contributed by atoms with Crippen molar-refractivity contribution in [3.63, 3.8) is 0 Å². The number of nitrogens with zero attached hydrogens (tertiary/aromatic N) is 1. The average molecular weight is 584 g/mol. The molecule has 11 nitrogen and oxygen atoms in total. The minimum atomic E-state index is -1.21. The Bertz CT molecular complexity index is 1250. The van der Waals surface area contributed by atoms with Crippen LogP contribution in [-0.4, -0.2) is 70.3 Å². The molecule has 0 radical (unpaired) electrons. The van der Waals surface area contributed by atoms with Crippen LogP contribution in [0.5, 0.6) is 11.5 Å². The van der Waals surface area contributed by atoms with Crippen LogP contribution in [0, 0.1) is 6.92 Å². The van der Waals surface area contributed by atoms with E-state index in [2.05, 4.69) is 17.2 Å². The van der Waals surface area contributed by atoms with Crippen molar-refractivity contribution in [3.8, 4) is 11.5 Å². The van der Waals surface area contributed by atoms with Gasteiger partial charge in [0, 0.05) is 19.5 Å². The Morgan fingerprint density at radius 3 is 2.31 bits per heavy atom. The zero-order chi connectivity index (χ0) is 31.4. The topological polar surface area (TPSA) is 154 Å². The number of phenolic OH excluding ortho intramolecular Hbond substituents is 2. The van der Waals surface area contributed by atoms with E-state index in [9.17, 15) is 29.4 Å². The summed E-state index contributed by atoms with van der Waals surface area (Å²) in [6.07, 6.45) is 0.585. The maximum Gasteiger partial charge on any atom is 0.408 e. The fourth-order valence-corrected chi connectivity index (χ4v) is 4.12. The van der Waals surface area contributed by atoms with Crippen LogP contribution in [0.2, 0.25) is 0 Å². The summed E-state index contributed by atoms with van der Waals surface area (Å²) in [6, 6.07) is 8.32. The largest absolute Gasteiger partial charge is 0.508 e. The highest BCUT2D eigenvalue weighted by Crippen LogP contribution is 2.27. The van der Waals surface area contributed by atoms with E-state index in [4.69, 9.17) is 9.47 Å². The highest BCUT2D eigenvalue weighted by molar-refractivity contribution is 5.92. The fraction of sp³-hybridized carbons (Fsp3) is 0.419. The van der Waals surface area contributed by atoms with Gasteiger partial charge in [0.2, 0.25) is 11.8 Å². The van der Waals surface area contributed by atoms with Crippen LogP contribution in [0.4, 0.5) is 4.79 Å². The van der Waals surface area contributed by atoms with E-state index in [1.165, 1.54) is 35.2 Å². The first kappa shape index (κ1) is 33.7. The third kappa shape index (κ3) is 10.5. The maximum atomic E-state index is 14.2. The van der Waals surface area contributed by atoms with Gasteiger partial charge in [-0.1, -0.05) is 24.3 Å². The van der Waals surface area contributed by atoms with Gasteiger partial charge in [-0.15, -0.1) is 6.58 Å². The second-order valence-electron chi connectivity index (χ2n) is 10.6. The first-order chi connectivity index (χ1) is 19.7. The van der Waals surface area contributed by atoms with Crippen molar-refractivity contribution in [2.24, 2.45) is 0 Å². The number of aryl methyl sites for hydroxylation is 1. The smallest absolute Gasteiger partial charge is 0.408 e. The molecular formula is C31H41N3O8. The highest BCUT2D eigenvalue weighted by Gasteiger charge is 2.36. The SMILES string of the molecule is C=CCN(C(=O)C(Cc1ccc(O)cc1)NC(=O)OC(C)(C)C)C(C(=O)NCCC(=O)OCC)c1ccc(O)c(C)c1. The number of nitrogens with one attached hydrogen (secondary N) is 2. The molecule has 11 heteroatoms. The second-order valence-corrected chi connectivity index (χ2v) is 10.6. The zero-order valence-corrected chi connectivity index (χ0v) is 24.8. The summed E-state index contributed by atoms with van der Waals surface area (Å²) in [5, 5.41) is 25.1. The summed E-state index contributed by atoms with van der Waals surface area (Å²) in [5.74, 6) is -1.62. The summed E-state index contributed by atoms with van der Waals surface area (Å²) in [5.41, 5.74) is 0.684. The molecule has 0 aromatic heterocycles. The van der Waals surface area contributed by atoms with Gasteiger partial charge in [0.05, 0.1) is 13.0 Å².